The van der Waals surface area contributed by atoms with Crippen molar-refractivity contribution in [2.45, 2.75) is 18.4 Å². The lowest BCUT2D eigenvalue weighted by molar-refractivity contribution is -0.116. The number of carbonyl (C=O) groups is 1. The number of halogens is 1. The molecule has 4 rings (SSSR count). The van der Waals surface area contributed by atoms with E-state index in [1.807, 2.05) is 19.1 Å². The number of hydrogen-bond acceptors (Lipinski definition) is 6. The van der Waals surface area contributed by atoms with E-state index in [9.17, 15) is 13.2 Å². The molecule has 0 fully saturated rings. The second kappa shape index (κ2) is 8.74. The van der Waals surface area contributed by atoms with E-state index >= 15 is 0 Å². The van der Waals surface area contributed by atoms with Gasteiger partial charge in [-0.05, 0) is 48.9 Å². The summed E-state index contributed by atoms with van der Waals surface area (Å²) in [5.74, 6) is -1.24. The Hall–Kier alpha value is -2.81. The third-order valence-corrected chi connectivity index (χ3v) is 7.80. The number of aryl methyl sites for hydroxylation is 1. The fraction of sp³-hybridized carbons (Fsp3) is 0.136. The highest BCUT2D eigenvalue weighted by atomic mass is 35.5. The van der Waals surface area contributed by atoms with E-state index in [-0.39, 0.29) is 11.4 Å². The average molecular weight is 472 g/mol. The van der Waals surface area contributed by atoms with Crippen LogP contribution in [-0.2, 0) is 21.2 Å². The number of benzene rings is 2. The Labute approximate surface area is 189 Å². The number of aromatic nitrogens is 2. The zero-order valence-corrected chi connectivity index (χ0v) is 18.9. The highest BCUT2D eigenvalue weighted by Crippen LogP contribution is 2.34. The Morgan fingerprint density at radius 3 is 2.52 bits per heavy atom. The standard InChI is InChI=1S/C22H18ClN3O3S2/c1-15-18(23)10-11-19-21(15)25-22(30-19)26(13-16-7-5-6-12-24-16)20(27)14-31(28,29)17-8-3-2-4-9-17/h2-12H,13-14H2,1H3. The molecule has 0 N–H and O–H groups in total. The summed E-state index contributed by atoms with van der Waals surface area (Å²) in [4.78, 5) is 23.6. The average Bonchev–Trinajstić information content (AvgIpc) is 3.20. The molecule has 158 valence electrons. The van der Waals surface area contributed by atoms with Gasteiger partial charge in [-0.15, -0.1) is 0 Å². The molecule has 0 saturated heterocycles. The van der Waals surface area contributed by atoms with Crippen molar-refractivity contribution in [1.82, 2.24) is 9.97 Å². The number of pyridine rings is 1. The Morgan fingerprint density at radius 2 is 1.81 bits per heavy atom. The van der Waals surface area contributed by atoms with E-state index in [0.29, 0.717) is 21.4 Å². The zero-order valence-electron chi connectivity index (χ0n) is 16.5. The number of rotatable bonds is 6. The summed E-state index contributed by atoms with van der Waals surface area (Å²) >= 11 is 7.53. The lowest BCUT2D eigenvalue weighted by atomic mass is 10.2. The van der Waals surface area contributed by atoms with E-state index in [0.717, 1.165) is 10.3 Å². The first kappa shape index (κ1) is 21.4. The van der Waals surface area contributed by atoms with Gasteiger partial charge in [0.05, 0.1) is 27.4 Å². The first-order valence-corrected chi connectivity index (χ1v) is 12.2. The molecule has 0 aliphatic rings. The van der Waals surface area contributed by atoms with Gasteiger partial charge in [-0.3, -0.25) is 14.7 Å². The van der Waals surface area contributed by atoms with E-state index in [1.54, 1.807) is 42.6 Å². The first-order chi connectivity index (χ1) is 14.8. The molecule has 0 atom stereocenters. The minimum atomic E-state index is -3.81. The quantitative estimate of drug-likeness (QED) is 0.408. The van der Waals surface area contributed by atoms with Crippen molar-refractivity contribution in [1.29, 1.82) is 0 Å². The smallest absolute Gasteiger partial charge is 0.244 e. The molecule has 4 aromatic rings. The minimum absolute atomic E-state index is 0.105. The van der Waals surface area contributed by atoms with Crippen LogP contribution in [-0.4, -0.2) is 30.0 Å². The van der Waals surface area contributed by atoms with Crippen molar-refractivity contribution in [2.75, 3.05) is 10.7 Å². The largest absolute Gasteiger partial charge is 0.281 e. The van der Waals surface area contributed by atoms with Crippen molar-refractivity contribution in [3.05, 3.63) is 83.1 Å². The molecular weight excluding hydrogens is 454 g/mol. The number of sulfone groups is 1. The van der Waals surface area contributed by atoms with Crippen LogP contribution in [0.15, 0.2) is 71.8 Å². The number of nitrogens with zero attached hydrogens (tertiary/aromatic N) is 3. The molecule has 0 spiro atoms. The number of carbonyl (C=O) groups excluding carboxylic acids is 1. The molecular formula is C22H18ClN3O3S2. The van der Waals surface area contributed by atoms with Crippen LogP contribution in [0.5, 0.6) is 0 Å². The van der Waals surface area contributed by atoms with Gasteiger partial charge in [-0.2, -0.15) is 0 Å². The van der Waals surface area contributed by atoms with Crippen molar-refractivity contribution in [3.8, 4) is 0 Å². The lowest BCUT2D eigenvalue weighted by Crippen LogP contribution is -2.35. The molecule has 1 amide bonds. The molecule has 0 aliphatic heterocycles. The molecule has 6 nitrogen and oxygen atoms in total. The summed E-state index contributed by atoms with van der Waals surface area (Å²) in [6.45, 7) is 1.97. The highest BCUT2D eigenvalue weighted by molar-refractivity contribution is 7.92. The van der Waals surface area contributed by atoms with Gasteiger partial charge in [0.2, 0.25) is 5.91 Å². The van der Waals surface area contributed by atoms with E-state index in [2.05, 4.69) is 9.97 Å². The number of hydrogen-bond donors (Lipinski definition) is 0. The summed E-state index contributed by atoms with van der Waals surface area (Å²) in [5, 5.41) is 0.984. The Balaban J connectivity index is 1.73. The maximum absolute atomic E-state index is 13.2. The van der Waals surface area contributed by atoms with Crippen LogP contribution in [0.3, 0.4) is 0 Å². The van der Waals surface area contributed by atoms with Gasteiger partial charge >= 0.3 is 0 Å². The van der Waals surface area contributed by atoms with Crippen LogP contribution in [0, 0.1) is 6.92 Å². The number of amides is 1. The van der Waals surface area contributed by atoms with E-state index < -0.39 is 21.5 Å². The number of fused-ring (bicyclic) bond motifs is 1. The number of anilines is 1. The molecule has 2 heterocycles. The number of thiazole rings is 1. The topological polar surface area (TPSA) is 80.2 Å². The van der Waals surface area contributed by atoms with Gasteiger partial charge in [0.15, 0.2) is 15.0 Å². The normalized spacial score (nSPS) is 11.5. The Kier molecular flexibility index (Phi) is 6.04. The molecule has 2 aromatic carbocycles. The van der Waals surface area contributed by atoms with Crippen LogP contribution in [0.4, 0.5) is 5.13 Å². The summed E-state index contributed by atoms with van der Waals surface area (Å²) in [6.07, 6.45) is 1.63. The second-order valence-electron chi connectivity index (χ2n) is 6.89. The molecule has 0 radical (unpaired) electrons. The molecule has 0 saturated carbocycles. The van der Waals surface area contributed by atoms with E-state index in [4.69, 9.17) is 11.6 Å². The summed E-state index contributed by atoms with van der Waals surface area (Å²) in [6, 6.07) is 16.9. The summed E-state index contributed by atoms with van der Waals surface area (Å²) in [7, 11) is -3.81. The first-order valence-electron chi connectivity index (χ1n) is 9.39. The lowest BCUT2D eigenvalue weighted by Gasteiger charge is -2.19. The molecule has 0 aliphatic carbocycles. The van der Waals surface area contributed by atoms with Gasteiger partial charge in [0.1, 0.15) is 5.75 Å². The molecule has 0 unspecified atom stereocenters. The predicted octanol–water partition coefficient (Wildman–Crippen LogP) is 4.66. The molecule has 2 aromatic heterocycles. The molecule has 9 heteroatoms. The van der Waals surface area contributed by atoms with Gasteiger partial charge in [-0.1, -0.05) is 47.2 Å². The van der Waals surface area contributed by atoms with Crippen LogP contribution < -0.4 is 4.90 Å². The van der Waals surface area contributed by atoms with E-state index in [1.165, 1.54) is 28.4 Å². The van der Waals surface area contributed by atoms with Crippen molar-refractivity contribution < 1.29 is 13.2 Å². The van der Waals surface area contributed by atoms with Gasteiger partial charge < -0.3 is 0 Å². The molecule has 31 heavy (non-hydrogen) atoms. The van der Waals surface area contributed by atoms with Crippen LogP contribution in [0.1, 0.15) is 11.3 Å². The SMILES string of the molecule is Cc1c(Cl)ccc2sc(N(Cc3ccccn3)C(=O)CS(=O)(=O)c3ccccc3)nc12. The summed E-state index contributed by atoms with van der Waals surface area (Å²) < 4.78 is 26.5. The van der Waals surface area contributed by atoms with Crippen molar-refractivity contribution in [3.63, 3.8) is 0 Å². The monoisotopic (exact) mass is 471 g/mol. The Morgan fingerprint density at radius 1 is 1.06 bits per heavy atom. The van der Waals surface area contributed by atoms with Crippen LogP contribution in [0.2, 0.25) is 5.02 Å². The van der Waals surface area contributed by atoms with Crippen LogP contribution >= 0.6 is 22.9 Å². The van der Waals surface area contributed by atoms with Gasteiger partial charge in [0, 0.05) is 11.2 Å². The molecule has 0 bridgehead atoms. The Bertz CT molecular complexity index is 1340. The maximum atomic E-state index is 13.2. The third-order valence-electron chi connectivity index (χ3n) is 4.73. The predicted molar refractivity (Wildman–Crippen MR) is 123 cm³/mol. The fourth-order valence-corrected chi connectivity index (χ4v) is 5.49. The van der Waals surface area contributed by atoms with Gasteiger partial charge in [-0.25, -0.2) is 13.4 Å². The van der Waals surface area contributed by atoms with Crippen molar-refractivity contribution >= 4 is 54.0 Å². The second-order valence-corrected chi connectivity index (χ2v) is 10.3. The fourth-order valence-electron chi connectivity index (χ4n) is 3.07. The third kappa shape index (κ3) is 4.61. The van der Waals surface area contributed by atoms with Gasteiger partial charge in [0.25, 0.3) is 0 Å². The van der Waals surface area contributed by atoms with Crippen LogP contribution in [0.25, 0.3) is 10.2 Å². The summed E-state index contributed by atoms with van der Waals surface area (Å²) in [5.41, 5.74) is 2.13. The maximum Gasteiger partial charge on any atom is 0.244 e. The van der Waals surface area contributed by atoms with Crippen molar-refractivity contribution in [2.24, 2.45) is 0 Å². The zero-order chi connectivity index (χ0) is 22.0. The minimum Gasteiger partial charge on any atom is -0.281 e. The highest BCUT2D eigenvalue weighted by Gasteiger charge is 2.27.